The van der Waals surface area contributed by atoms with E-state index in [9.17, 15) is 0 Å². The van der Waals surface area contributed by atoms with E-state index >= 15 is 0 Å². The summed E-state index contributed by atoms with van der Waals surface area (Å²) in [6.07, 6.45) is 2.40. The predicted molar refractivity (Wildman–Crippen MR) is 70.4 cm³/mol. The molecule has 4 heteroatoms. The van der Waals surface area contributed by atoms with Gasteiger partial charge < -0.3 is 14.8 Å². The molecule has 1 aliphatic rings. The summed E-state index contributed by atoms with van der Waals surface area (Å²) in [6, 6.07) is 0.648. The zero-order valence-electron chi connectivity index (χ0n) is 11.6. The predicted octanol–water partition coefficient (Wildman–Crippen LogP) is 0.969. The molecule has 2 unspecified atom stereocenters. The van der Waals surface area contributed by atoms with Crippen LogP contribution >= 0.6 is 0 Å². The molecule has 1 aliphatic heterocycles. The minimum Gasteiger partial charge on any atom is -0.385 e. The SMILES string of the molecule is COCCCN(CCOC)CC1NCCC1C. The molecule has 1 saturated heterocycles. The number of ether oxygens (including phenoxy) is 2. The first-order valence-corrected chi connectivity index (χ1v) is 6.71. The average Bonchev–Trinajstić information content (AvgIpc) is 2.72. The van der Waals surface area contributed by atoms with E-state index in [4.69, 9.17) is 9.47 Å². The van der Waals surface area contributed by atoms with Crippen LogP contribution in [0.15, 0.2) is 0 Å². The van der Waals surface area contributed by atoms with Crippen LogP contribution in [0.2, 0.25) is 0 Å². The second-order valence-corrected chi connectivity index (χ2v) is 4.97. The van der Waals surface area contributed by atoms with Crippen LogP contribution < -0.4 is 5.32 Å². The summed E-state index contributed by atoms with van der Waals surface area (Å²) in [5, 5.41) is 3.59. The Hall–Kier alpha value is -0.160. The summed E-state index contributed by atoms with van der Waals surface area (Å²) in [5.41, 5.74) is 0. The Labute approximate surface area is 106 Å². The van der Waals surface area contributed by atoms with Crippen LogP contribution in [0.25, 0.3) is 0 Å². The molecule has 2 atom stereocenters. The first-order valence-electron chi connectivity index (χ1n) is 6.71. The Bertz CT molecular complexity index is 190. The molecule has 0 aromatic carbocycles. The first kappa shape index (κ1) is 14.9. The monoisotopic (exact) mass is 244 g/mol. The van der Waals surface area contributed by atoms with E-state index in [1.54, 1.807) is 14.2 Å². The lowest BCUT2D eigenvalue weighted by atomic mass is 10.0. The molecular formula is C13H28N2O2. The fourth-order valence-electron chi connectivity index (χ4n) is 2.37. The highest BCUT2D eigenvalue weighted by atomic mass is 16.5. The van der Waals surface area contributed by atoms with Crippen molar-refractivity contribution in [3.8, 4) is 0 Å². The van der Waals surface area contributed by atoms with E-state index in [1.807, 2.05) is 0 Å². The molecule has 0 amide bonds. The van der Waals surface area contributed by atoms with Crippen molar-refractivity contribution in [1.29, 1.82) is 0 Å². The van der Waals surface area contributed by atoms with Crippen LogP contribution in [0.4, 0.5) is 0 Å². The third kappa shape index (κ3) is 5.82. The molecule has 1 rings (SSSR count). The number of nitrogens with zero attached hydrogens (tertiary/aromatic N) is 1. The van der Waals surface area contributed by atoms with Crippen molar-refractivity contribution in [2.24, 2.45) is 5.92 Å². The fraction of sp³-hybridized carbons (Fsp3) is 1.00. The van der Waals surface area contributed by atoms with Crippen LogP contribution in [0, 0.1) is 5.92 Å². The van der Waals surface area contributed by atoms with Gasteiger partial charge in [0.1, 0.15) is 0 Å². The summed E-state index contributed by atoms with van der Waals surface area (Å²) >= 11 is 0. The second-order valence-electron chi connectivity index (χ2n) is 4.97. The van der Waals surface area contributed by atoms with Gasteiger partial charge in [0.2, 0.25) is 0 Å². The molecule has 17 heavy (non-hydrogen) atoms. The van der Waals surface area contributed by atoms with Gasteiger partial charge in [0.05, 0.1) is 6.61 Å². The minimum atomic E-state index is 0.648. The maximum atomic E-state index is 5.18. The van der Waals surface area contributed by atoms with Crippen LogP contribution in [0.3, 0.4) is 0 Å². The van der Waals surface area contributed by atoms with Gasteiger partial charge in [-0.1, -0.05) is 6.92 Å². The molecule has 102 valence electrons. The number of nitrogens with one attached hydrogen (secondary N) is 1. The molecule has 4 nitrogen and oxygen atoms in total. The Morgan fingerprint density at radius 3 is 2.53 bits per heavy atom. The highest BCUT2D eigenvalue weighted by Gasteiger charge is 2.24. The van der Waals surface area contributed by atoms with Crippen molar-refractivity contribution in [3.63, 3.8) is 0 Å². The summed E-state index contributed by atoms with van der Waals surface area (Å²) in [5.74, 6) is 0.794. The van der Waals surface area contributed by atoms with Crippen molar-refractivity contribution in [2.45, 2.75) is 25.8 Å². The van der Waals surface area contributed by atoms with Gasteiger partial charge >= 0.3 is 0 Å². The van der Waals surface area contributed by atoms with Gasteiger partial charge in [-0.15, -0.1) is 0 Å². The first-order chi connectivity index (χ1) is 8.27. The summed E-state index contributed by atoms with van der Waals surface area (Å²) in [4.78, 5) is 2.49. The smallest absolute Gasteiger partial charge is 0.0589 e. The quantitative estimate of drug-likeness (QED) is 0.613. The highest BCUT2D eigenvalue weighted by Crippen LogP contribution is 2.15. The molecule has 1 N–H and O–H groups in total. The van der Waals surface area contributed by atoms with Crippen LogP contribution in [0.5, 0.6) is 0 Å². The van der Waals surface area contributed by atoms with Crippen molar-refractivity contribution < 1.29 is 9.47 Å². The Morgan fingerprint density at radius 1 is 1.18 bits per heavy atom. The van der Waals surface area contributed by atoms with E-state index < -0.39 is 0 Å². The lowest BCUT2D eigenvalue weighted by Gasteiger charge is -2.27. The van der Waals surface area contributed by atoms with Gasteiger partial charge in [0.25, 0.3) is 0 Å². The van der Waals surface area contributed by atoms with Gasteiger partial charge in [0.15, 0.2) is 0 Å². The lowest BCUT2D eigenvalue weighted by molar-refractivity contribution is 0.124. The van der Waals surface area contributed by atoms with E-state index in [-0.39, 0.29) is 0 Å². The Morgan fingerprint density at radius 2 is 1.94 bits per heavy atom. The molecular weight excluding hydrogens is 216 g/mol. The van der Waals surface area contributed by atoms with E-state index in [0.717, 1.165) is 45.2 Å². The zero-order valence-corrected chi connectivity index (χ0v) is 11.6. The fourth-order valence-corrected chi connectivity index (χ4v) is 2.37. The molecule has 0 aliphatic carbocycles. The van der Waals surface area contributed by atoms with Crippen molar-refractivity contribution in [1.82, 2.24) is 10.2 Å². The molecule has 0 aromatic rings. The van der Waals surface area contributed by atoms with Gasteiger partial charge in [-0.3, -0.25) is 4.90 Å². The topological polar surface area (TPSA) is 33.7 Å². The van der Waals surface area contributed by atoms with Crippen LogP contribution in [-0.2, 0) is 9.47 Å². The van der Waals surface area contributed by atoms with E-state index in [0.29, 0.717) is 6.04 Å². The molecule has 0 bridgehead atoms. The van der Waals surface area contributed by atoms with Gasteiger partial charge in [-0.05, 0) is 25.3 Å². The molecule has 1 heterocycles. The molecule has 0 aromatic heterocycles. The number of hydrogen-bond donors (Lipinski definition) is 1. The third-order valence-corrected chi connectivity index (χ3v) is 3.58. The van der Waals surface area contributed by atoms with E-state index in [1.165, 1.54) is 13.0 Å². The highest BCUT2D eigenvalue weighted by molar-refractivity contribution is 4.83. The largest absolute Gasteiger partial charge is 0.385 e. The van der Waals surface area contributed by atoms with Crippen LogP contribution in [0.1, 0.15) is 19.8 Å². The Kier molecular flexibility index (Phi) is 7.77. The molecule has 1 fully saturated rings. The standard InChI is InChI=1S/C13H28N2O2/c1-12-5-6-14-13(12)11-15(8-10-17-3)7-4-9-16-2/h12-14H,4-11H2,1-3H3. The molecule has 0 spiro atoms. The maximum absolute atomic E-state index is 5.18. The number of methoxy groups -OCH3 is 2. The average molecular weight is 244 g/mol. The lowest BCUT2D eigenvalue weighted by Crippen LogP contribution is -2.42. The maximum Gasteiger partial charge on any atom is 0.0589 e. The normalized spacial score (nSPS) is 24.7. The minimum absolute atomic E-state index is 0.648. The third-order valence-electron chi connectivity index (χ3n) is 3.58. The van der Waals surface area contributed by atoms with Crippen LogP contribution in [-0.4, -0.2) is 64.6 Å². The zero-order chi connectivity index (χ0) is 12.5. The summed E-state index contributed by atoms with van der Waals surface area (Å²) in [7, 11) is 3.53. The summed E-state index contributed by atoms with van der Waals surface area (Å²) in [6.45, 7) is 8.42. The summed E-state index contributed by atoms with van der Waals surface area (Å²) < 4.78 is 10.3. The number of rotatable bonds is 9. The van der Waals surface area contributed by atoms with Crippen molar-refractivity contribution in [2.75, 3.05) is 53.6 Å². The Balaban J connectivity index is 2.27. The van der Waals surface area contributed by atoms with Gasteiger partial charge in [-0.25, -0.2) is 0 Å². The van der Waals surface area contributed by atoms with E-state index in [2.05, 4.69) is 17.1 Å². The number of hydrogen-bond acceptors (Lipinski definition) is 4. The van der Waals surface area contributed by atoms with Gasteiger partial charge in [-0.2, -0.15) is 0 Å². The second kappa shape index (κ2) is 8.86. The molecule has 0 saturated carbocycles. The van der Waals surface area contributed by atoms with Gasteiger partial charge in [0, 0.05) is 46.5 Å². The van der Waals surface area contributed by atoms with Crippen molar-refractivity contribution in [3.05, 3.63) is 0 Å². The molecule has 0 radical (unpaired) electrons. The van der Waals surface area contributed by atoms with Crippen molar-refractivity contribution >= 4 is 0 Å².